The van der Waals surface area contributed by atoms with Gasteiger partial charge in [0.2, 0.25) is 5.91 Å². The first kappa shape index (κ1) is 10.0. The lowest BCUT2D eigenvalue weighted by molar-refractivity contribution is -0.122. The first-order valence-corrected chi connectivity index (χ1v) is 4.66. The standard InChI is InChI=1S/C9H17N3O/c1-7(2)10-9(13)6-12-5-4-8(3)11-12/h7H,4-6H2,1-3H3,(H,10,13). The van der Waals surface area contributed by atoms with Crippen molar-refractivity contribution in [2.75, 3.05) is 13.1 Å². The zero-order valence-electron chi connectivity index (χ0n) is 8.50. The molecular weight excluding hydrogens is 166 g/mol. The van der Waals surface area contributed by atoms with Gasteiger partial charge in [0.05, 0.1) is 0 Å². The van der Waals surface area contributed by atoms with Gasteiger partial charge in [-0.3, -0.25) is 9.80 Å². The zero-order chi connectivity index (χ0) is 9.84. The molecule has 1 aliphatic heterocycles. The zero-order valence-corrected chi connectivity index (χ0v) is 8.50. The molecule has 4 heteroatoms. The Bertz CT molecular complexity index is 223. The molecule has 1 aliphatic rings. The van der Waals surface area contributed by atoms with Gasteiger partial charge in [-0.1, -0.05) is 0 Å². The molecule has 1 N–H and O–H groups in total. The molecule has 74 valence electrons. The Morgan fingerprint density at radius 1 is 1.69 bits per heavy atom. The number of nitrogens with zero attached hydrogens (tertiary/aromatic N) is 2. The summed E-state index contributed by atoms with van der Waals surface area (Å²) in [6.07, 6.45) is 0.981. The van der Waals surface area contributed by atoms with E-state index in [1.54, 1.807) is 0 Å². The Morgan fingerprint density at radius 3 is 2.85 bits per heavy atom. The highest BCUT2D eigenvalue weighted by Gasteiger charge is 2.14. The maximum Gasteiger partial charge on any atom is 0.241 e. The minimum Gasteiger partial charge on any atom is -0.352 e. The van der Waals surface area contributed by atoms with Crippen LogP contribution in [-0.4, -0.2) is 35.8 Å². The van der Waals surface area contributed by atoms with Gasteiger partial charge in [0, 0.05) is 24.7 Å². The molecular formula is C9H17N3O. The molecule has 0 fully saturated rings. The van der Waals surface area contributed by atoms with Gasteiger partial charge in [-0.15, -0.1) is 0 Å². The molecule has 1 rings (SSSR count). The van der Waals surface area contributed by atoms with Crippen molar-refractivity contribution in [2.24, 2.45) is 5.10 Å². The fourth-order valence-electron chi connectivity index (χ4n) is 1.28. The second kappa shape index (κ2) is 4.25. The minimum atomic E-state index is 0.0495. The smallest absolute Gasteiger partial charge is 0.241 e. The Kier molecular flexibility index (Phi) is 3.28. The third-order valence-electron chi connectivity index (χ3n) is 1.82. The van der Waals surface area contributed by atoms with E-state index in [0.717, 1.165) is 18.7 Å². The molecule has 0 aromatic heterocycles. The van der Waals surface area contributed by atoms with Crippen LogP contribution in [0.5, 0.6) is 0 Å². The highest BCUT2D eigenvalue weighted by molar-refractivity contribution is 5.84. The van der Waals surface area contributed by atoms with E-state index < -0.39 is 0 Å². The fourth-order valence-corrected chi connectivity index (χ4v) is 1.28. The Labute approximate surface area is 79.0 Å². The first-order valence-electron chi connectivity index (χ1n) is 4.66. The SMILES string of the molecule is CC1=NN(CC(=O)NC(C)C)CC1. The quantitative estimate of drug-likeness (QED) is 0.696. The summed E-state index contributed by atoms with van der Waals surface area (Å²) in [5.74, 6) is 0.0495. The van der Waals surface area contributed by atoms with Crippen molar-refractivity contribution < 1.29 is 4.79 Å². The van der Waals surface area contributed by atoms with E-state index in [1.165, 1.54) is 0 Å². The van der Waals surface area contributed by atoms with Crippen molar-refractivity contribution >= 4 is 11.6 Å². The fraction of sp³-hybridized carbons (Fsp3) is 0.778. The van der Waals surface area contributed by atoms with Crippen LogP contribution in [-0.2, 0) is 4.79 Å². The van der Waals surface area contributed by atoms with E-state index in [9.17, 15) is 4.79 Å². The van der Waals surface area contributed by atoms with Gasteiger partial charge in [0.1, 0.15) is 6.54 Å². The van der Waals surface area contributed by atoms with Crippen molar-refractivity contribution in [3.05, 3.63) is 0 Å². The van der Waals surface area contributed by atoms with Gasteiger partial charge < -0.3 is 5.32 Å². The topological polar surface area (TPSA) is 44.7 Å². The van der Waals surface area contributed by atoms with E-state index in [1.807, 2.05) is 25.8 Å². The van der Waals surface area contributed by atoms with Crippen molar-refractivity contribution in [3.63, 3.8) is 0 Å². The van der Waals surface area contributed by atoms with Crippen LogP contribution in [0.2, 0.25) is 0 Å². The molecule has 0 unspecified atom stereocenters. The third-order valence-corrected chi connectivity index (χ3v) is 1.82. The Hall–Kier alpha value is -1.06. The molecule has 0 atom stereocenters. The molecule has 0 aromatic carbocycles. The van der Waals surface area contributed by atoms with E-state index in [2.05, 4.69) is 10.4 Å². The second-order valence-electron chi connectivity index (χ2n) is 3.70. The molecule has 0 radical (unpaired) electrons. The molecule has 0 saturated heterocycles. The summed E-state index contributed by atoms with van der Waals surface area (Å²) in [6.45, 7) is 7.15. The van der Waals surface area contributed by atoms with E-state index >= 15 is 0 Å². The van der Waals surface area contributed by atoms with Crippen molar-refractivity contribution in [2.45, 2.75) is 33.2 Å². The lowest BCUT2D eigenvalue weighted by Crippen LogP contribution is -2.37. The average molecular weight is 183 g/mol. The average Bonchev–Trinajstić information content (AvgIpc) is 2.33. The Balaban J connectivity index is 2.29. The highest BCUT2D eigenvalue weighted by atomic mass is 16.2. The Morgan fingerprint density at radius 2 is 2.38 bits per heavy atom. The van der Waals surface area contributed by atoms with Crippen LogP contribution in [0.4, 0.5) is 0 Å². The summed E-state index contributed by atoms with van der Waals surface area (Å²) in [5.41, 5.74) is 1.11. The van der Waals surface area contributed by atoms with E-state index in [0.29, 0.717) is 6.54 Å². The number of nitrogens with one attached hydrogen (secondary N) is 1. The van der Waals surface area contributed by atoms with Crippen LogP contribution in [0.1, 0.15) is 27.2 Å². The van der Waals surface area contributed by atoms with Crippen molar-refractivity contribution in [3.8, 4) is 0 Å². The molecule has 1 amide bonds. The summed E-state index contributed by atoms with van der Waals surface area (Å²) in [7, 11) is 0. The maximum atomic E-state index is 11.3. The van der Waals surface area contributed by atoms with Gasteiger partial charge in [-0.05, 0) is 20.8 Å². The first-order chi connectivity index (χ1) is 6.08. The number of carbonyl (C=O) groups is 1. The van der Waals surface area contributed by atoms with Crippen molar-refractivity contribution in [1.29, 1.82) is 0 Å². The predicted molar refractivity (Wildman–Crippen MR) is 52.6 cm³/mol. The molecule has 0 spiro atoms. The number of rotatable bonds is 3. The van der Waals surface area contributed by atoms with E-state index in [4.69, 9.17) is 0 Å². The highest BCUT2D eigenvalue weighted by Crippen LogP contribution is 2.04. The number of hydrogen-bond acceptors (Lipinski definition) is 3. The maximum absolute atomic E-state index is 11.3. The molecule has 1 heterocycles. The van der Waals surface area contributed by atoms with Gasteiger partial charge in [-0.25, -0.2) is 0 Å². The summed E-state index contributed by atoms with van der Waals surface area (Å²) < 4.78 is 0. The number of hydrogen-bond donors (Lipinski definition) is 1. The van der Waals surface area contributed by atoms with Crippen LogP contribution in [0, 0.1) is 0 Å². The van der Waals surface area contributed by atoms with Crippen LogP contribution in [0.25, 0.3) is 0 Å². The summed E-state index contributed by atoms with van der Waals surface area (Å²) in [6, 6.07) is 0.208. The van der Waals surface area contributed by atoms with Gasteiger partial charge >= 0.3 is 0 Å². The largest absolute Gasteiger partial charge is 0.352 e. The monoisotopic (exact) mass is 183 g/mol. The normalized spacial score (nSPS) is 16.3. The third kappa shape index (κ3) is 3.44. The van der Waals surface area contributed by atoms with Gasteiger partial charge in [0.15, 0.2) is 0 Å². The summed E-state index contributed by atoms with van der Waals surface area (Å²) >= 11 is 0. The molecule has 0 saturated carbocycles. The molecule has 13 heavy (non-hydrogen) atoms. The predicted octanol–water partition coefficient (Wildman–Crippen LogP) is 0.593. The molecule has 0 aromatic rings. The van der Waals surface area contributed by atoms with Crippen LogP contribution < -0.4 is 5.32 Å². The van der Waals surface area contributed by atoms with Crippen LogP contribution >= 0.6 is 0 Å². The van der Waals surface area contributed by atoms with Gasteiger partial charge in [0.25, 0.3) is 0 Å². The van der Waals surface area contributed by atoms with Crippen LogP contribution in [0.3, 0.4) is 0 Å². The second-order valence-corrected chi connectivity index (χ2v) is 3.70. The van der Waals surface area contributed by atoms with Crippen molar-refractivity contribution in [1.82, 2.24) is 10.3 Å². The summed E-state index contributed by atoms with van der Waals surface area (Å²) in [4.78, 5) is 11.3. The molecule has 4 nitrogen and oxygen atoms in total. The minimum absolute atomic E-state index is 0.0495. The lowest BCUT2D eigenvalue weighted by Gasteiger charge is -2.14. The number of carbonyl (C=O) groups excluding carboxylic acids is 1. The lowest BCUT2D eigenvalue weighted by atomic mass is 10.3. The summed E-state index contributed by atoms with van der Waals surface area (Å²) in [5, 5.41) is 8.87. The molecule has 0 aliphatic carbocycles. The number of amides is 1. The molecule has 0 bridgehead atoms. The van der Waals surface area contributed by atoms with Crippen LogP contribution in [0.15, 0.2) is 5.10 Å². The van der Waals surface area contributed by atoms with Gasteiger partial charge in [-0.2, -0.15) is 5.10 Å². The van der Waals surface area contributed by atoms with E-state index in [-0.39, 0.29) is 11.9 Å². The number of hydrazone groups is 1.